The van der Waals surface area contributed by atoms with Crippen LogP contribution in [0.3, 0.4) is 0 Å². The van der Waals surface area contributed by atoms with Gasteiger partial charge in [0.1, 0.15) is 4.83 Å². The van der Waals surface area contributed by atoms with Gasteiger partial charge in [-0.2, -0.15) is 5.26 Å². The van der Waals surface area contributed by atoms with Gasteiger partial charge < -0.3 is 0 Å². The Balaban J connectivity index is 1.81. The van der Waals surface area contributed by atoms with Gasteiger partial charge in [0.15, 0.2) is 0 Å². The van der Waals surface area contributed by atoms with Crippen LogP contribution in [0, 0.1) is 11.3 Å². The SMILES string of the molecule is N#Cc1cccc(Cn2cnc3sc4c(c3c2=O)CCC4)c1. The molecule has 0 N–H and O–H groups in total. The summed E-state index contributed by atoms with van der Waals surface area (Å²) in [6, 6.07) is 9.47. The summed E-state index contributed by atoms with van der Waals surface area (Å²) in [6.45, 7) is 0.446. The predicted molar refractivity (Wildman–Crippen MR) is 86.2 cm³/mol. The van der Waals surface area contributed by atoms with E-state index in [2.05, 4.69) is 11.1 Å². The third kappa shape index (κ3) is 2.04. The molecule has 0 spiro atoms. The van der Waals surface area contributed by atoms with Crippen molar-refractivity contribution in [3.05, 3.63) is 62.5 Å². The van der Waals surface area contributed by atoms with Gasteiger partial charge in [-0.15, -0.1) is 11.3 Å². The van der Waals surface area contributed by atoms with Gasteiger partial charge in [0.05, 0.1) is 29.9 Å². The predicted octanol–water partition coefficient (Wildman–Crippen LogP) is 2.87. The van der Waals surface area contributed by atoms with E-state index in [0.29, 0.717) is 12.1 Å². The van der Waals surface area contributed by atoms with Crippen LogP contribution in [0.25, 0.3) is 10.2 Å². The van der Waals surface area contributed by atoms with E-state index in [9.17, 15) is 4.79 Å². The lowest BCUT2D eigenvalue weighted by molar-refractivity contribution is 0.748. The van der Waals surface area contributed by atoms with Crippen LogP contribution in [-0.4, -0.2) is 9.55 Å². The lowest BCUT2D eigenvalue weighted by Gasteiger charge is -2.06. The maximum Gasteiger partial charge on any atom is 0.262 e. The zero-order valence-corrected chi connectivity index (χ0v) is 12.7. The largest absolute Gasteiger partial charge is 0.294 e. The third-order valence-corrected chi connectivity index (χ3v) is 5.30. The minimum Gasteiger partial charge on any atom is -0.294 e. The number of nitriles is 1. The van der Waals surface area contributed by atoms with Gasteiger partial charge in [-0.25, -0.2) is 4.98 Å². The van der Waals surface area contributed by atoms with E-state index in [4.69, 9.17) is 5.26 Å². The Kier molecular flexibility index (Phi) is 3.05. The van der Waals surface area contributed by atoms with Crippen LogP contribution in [-0.2, 0) is 19.4 Å². The number of fused-ring (bicyclic) bond motifs is 3. The Bertz CT molecular complexity index is 978. The molecule has 0 amide bonds. The van der Waals surface area contributed by atoms with E-state index in [1.807, 2.05) is 18.2 Å². The molecule has 0 saturated carbocycles. The maximum atomic E-state index is 12.8. The zero-order valence-electron chi connectivity index (χ0n) is 11.9. The second-order valence-corrected chi connectivity index (χ2v) is 6.61. The van der Waals surface area contributed by atoms with Crippen molar-refractivity contribution >= 4 is 21.6 Å². The van der Waals surface area contributed by atoms with E-state index in [1.165, 1.54) is 10.4 Å². The van der Waals surface area contributed by atoms with E-state index >= 15 is 0 Å². The highest BCUT2D eigenvalue weighted by atomic mass is 32.1. The van der Waals surface area contributed by atoms with Crippen LogP contribution in [0.2, 0.25) is 0 Å². The third-order valence-electron chi connectivity index (χ3n) is 4.10. The lowest BCUT2D eigenvalue weighted by atomic mass is 10.1. The van der Waals surface area contributed by atoms with Crippen molar-refractivity contribution in [1.82, 2.24) is 9.55 Å². The molecule has 4 rings (SSSR count). The average molecular weight is 307 g/mol. The number of thiophene rings is 1. The fourth-order valence-corrected chi connectivity index (χ4v) is 4.29. The molecule has 1 aromatic carbocycles. The Hall–Kier alpha value is -2.45. The summed E-state index contributed by atoms with van der Waals surface area (Å²) in [5, 5.41) is 9.77. The number of hydrogen-bond donors (Lipinski definition) is 0. The van der Waals surface area contributed by atoms with Crippen LogP contribution in [0.4, 0.5) is 0 Å². The summed E-state index contributed by atoms with van der Waals surface area (Å²) in [5.74, 6) is 0. The molecule has 2 aromatic heterocycles. The fraction of sp³-hybridized carbons (Fsp3) is 0.235. The smallest absolute Gasteiger partial charge is 0.262 e. The Morgan fingerprint density at radius 1 is 1.36 bits per heavy atom. The first-order chi connectivity index (χ1) is 10.8. The summed E-state index contributed by atoms with van der Waals surface area (Å²) in [4.78, 5) is 19.4. The minimum atomic E-state index is 0.0340. The summed E-state index contributed by atoms with van der Waals surface area (Å²) < 4.78 is 1.64. The molecule has 1 aliphatic rings. The van der Waals surface area contributed by atoms with Crippen molar-refractivity contribution in [3.63, 3.8) is 0 Å². The Morgan fingerprint density at radius 3 is 3.14 bits per heavy atom. The second-order valence-electron chi connectivity index (χ2n) is 5.53. The van der Waals surface area contributed by atoms with E-state index in [-0.39, 0.29) is 5.56 Å². The first-order valence-electron chi connectivity index (χ1n) is 7.25. The molecule has 0 unspecified atom stereocenters. The van der Waals surface area contributed by atoms with Crippen molar-refractivity contribution in [2.75, 3.05) is 0 Å². The Labute approximate surface area is 131 Å². The molecule has 1 aliphatic carbocycles. The van der Waals surface area contributed by atoms with Gasteiger partial charge in [-0.05, 0) is 42.5 Å². The van der Waals surface area contributed by atoms with Gasteiger partial charge in [-0.1, -0.05) is 12.1 Å². The molecule has 108 valence electrons. The van der Waals surface area contributed by atoms with Gasteiger partial charge in [0.25, 0.3) is 5.56 Å². The highest BCUT2D eigenvalue weighted by Crippen LogP contribution is 2.34. The summed E-state index contributed by atoms with van der Waals surface area (Å²) in [6.07, 6.45) is 4.81. The molecule has 0 radical (unpaired) electrons. The average Bonchev–Trinajstić information content (AvgIpc) is 3.11. The van der Waals surface area contributed by atoms with Gasteiger partial charge in [-0.3, -0.25) is 9.36 Å². The monoisotopic (exact) mass is 307 g/mol. The molecule has 3 aromatic rings. The summed E-state index contributed by atoms with van der Waals surface area (Å²) in [5.41, 5.74) is 2.79. The molecular formula is C17H13N3OS. The van der Waals surface area contributed by atoms with Gasteiger partial charge >= 0.3 is 0 Å². The second kappa shape index (κ2) is 5.08. The van der Waals surface area contributed by atoms with E-state index < -0.39 is 0 Å². The maximum absolute atomic E-state index is 12.8. The van der Waals surface area contributed by atoms with Crippen molar-refractivity contribution in [1.29, 1.82) is 5.26 Å². The summed E-state index contributed by atoms with van der Waals surface area (Å²) in [7, 11) is 0. The first kappa shape index (κ1) is 13.2. The molecule has 2 heterocycles. The molecular weight excluding hydrogens is 294 g/mol. The zero-order chi connectivity index (χ0) is 15.1. The van der Waals surface area contributed by atoms with Crippen molar-refractivity contribution in [2.24, 2.45) is 0 Å². The number of nitrogens with zero attached hydrogens (tertiary/aromatic N) is 3. The van der Waals surface area contributed by atoms with Crippen LogP contribution >= 0.6 is 11.3 Å². The molecule has 4 nitrogen and oxygen atoms in total. The molecule has 0 bridgehead atoms. The van der Waals surface area contributed by atoms with Crippen molar-refractivity contribution in [2.45, 2.75) is 25.8 Å². The van der Waals surface area contributed by atoms with Crippen LogP contribution < -0.4 is 5.56 Å². The van der Waals surface area contributed by atoms with Crippen molar-refractivity contribution in [3.8, 4) is 6.07 Å². The first-order valence-corrected chi connectivity index (χ1v) is 8.06. The highest BCUT2D eigenvalue weighted by molar-refractivity contribution is 7.18. The van der Waals surface area contributed by atoms with Crippen LogP contribution in [0.5, 0.6) is 0 Å². The van der Waals surface area contributed by atoms with Crippen LogP contribution in [0.15, 0.2) is 35.4 Å². The Morgan fingerprint density at radius 2 is 2.27 bits per heavy atom. The van der Waals surface area contributed by atoms with Crippen molar-refractivity contribution < 1.29 is 0 Å². The number of benzene rings is 1. The highest BCUT2D eigenvalue weighted by Gasteiger charge is 2.21. The standard InChI is InChI=1S/C17H13N3OS/c18-8-11-3-1-4-12(7-11)9-20-10-19-16-15(17(20)21)13-5-2-6-14(13)22-16/h1,3-4,7,10H,2,5-6,9H2. The molecule has 0 atom stereocenters. The van der Waals surface area contributed by atoms with E-state index in [1.54, 1.807) is 28.3 Å². The number of aromatic nitrogens is 2. The van der Waals surface area contributed by atoms with Gasteiger partial charge in [0.2, 0.25) is 0 Å². The number of hydrogen-bond acceptors (Lipinski definition) is 4. The molecule has 0 fully saturated rings. The minimum absolute atomic E-state index is 0.0340. The molecule has 22 heavy (non-hydrogen) atoms. The van der Waals surface area contributed by atoms with Crippen LogP contribution in [0.1, 0.15) is 28.0 Å². The van der Waals surface area contributed by atoms with Gasteiger partial charge in [0, 0.05) is 4.88 Å². The molecule has 0 saturated heterocycles. The summed E-state index contributed by atoms with van der Waals surface area (Å²) >= 11 is 1.65. The quantitative estimate of drug-likeness (QED) is 0.731. The molecule has 5 heteroatoms. The lowest BCUT2D eigenvalue weighted by Crippen LogP contribution is -2.21. The number of rotatable bonds is 2. The fourth-order valence-electron chi connectivity index (χ4n) is 3.07. The number of aryl methyl sites for hydroxylation is 2. The normalized spacial score (nSPS) is 13.2. The van der Waals surface area contributed by atoms with E-state index in [0.717, 1.165) is 35.0 Å². The molecule has 0 aliphatic heterocycles. The topological polar surface area (TPSA) is 58.7 Å².